The van der Waals surface area contributed by atoms with Gasteiger partial charge < -0.3 is 5.73 Å². The number of hydrogen-bond donors (Lipinski definition) is 1. The second-order valence-electron chi connectivity index (χ2n) is 7.57. The summed E-state index contributed by atoms with van der Waals surface area (Å²) in [5, 5.41) is 0. The smallest absolute Gasteiger partial charge is 0.0334 e. The molecule has 2 aliphatic rings. The Bertz CT molecular complexity index is 291. The molecular weight excluding hydrogens is 244 g/mol. The summed E-state index contributed by atoms with van der Waals surface area (Å²) in [6, 6.07) is 0.718. The maximum Gasteiger partial charge on any atom is 0.0334 e. The monoisotopic (exact) mass is 280 g/mol. The van der Waals surface area contributed by atoms with Crippen LogP contribution in [0.1, 0.15) is 78.6 Å². The summed E-state index contributed by atoms with van der Waals surface area (Å²) in [6.45, 7) is 9.34. The molecule has 2 heteroatoms. The molecule has 0 aromatic heterocycles. The summed E-state index contributed by atoms with van der Waals surface area (Å²) in [7, 11) is 0. The molecule has 118 valence electrons. The molecule has 1 aliphatic heterocycles. The van der Waals surface area contributed by atoms with Crippen LogP contribution in [0, 0.1) is 11.8 Å². The van der Waals surface area contributed by atoms with E-state index in [4.69, 9.17) is 5.73 Å². The van der Waals surface area contributed by atoms with Crippen molar-refractivity contribution in [2.75, 3.05) is 13.1 Å². The van der Waals surface area contributed by atoms with Crippen molar-refractivity contribution in [2.45, 2.75) is 90.1 Å². The van der Waals surface area contributed by atoms with Gasteiger partial charge in [-0.05, 0) is 57.4 Å². The summed E-state index contributed by atoms with van der Waals surface area (Å²) >= 11 is 0. The molecule has 1 aliphatic carbocycles. The zero-order chi connectivity index (χ0) is 14.6. The Balaban J connectivity index is 2.08. The Morgan fingerprint density at radius 1 is 1.10 bits per heavy atom. The van der Waals surface area contributed by atoms with Gasteiger partial charge in [0.1, 0.15) is 0 Å². The Labute approximate surface area is 126 Å². The van der Waals surface area contributed by atoms with Crippen LogP contribution in [0.5, 0.6) is 0 Å². The fourth-order valence-electron chi connectivity index (χ4n) is 4.77. The van der Waals surface area contributed by atoms with Crippen LogP contribution in [0.4, 0.5) is 0 Å². The van der Waals surface area contributed by atoms with E-state index in [1.165, 1.54) is 64.3 Å². The van der Waals surface area contributed by atoms with Crippen LogP contribution in [-0.2, 0) is 0 Å². The fourth-order valence-corrected chi connectivity index (χ4v) is 4.77. The number of piperidine rings is 1. The molecule has 20 heavy (non-hydrogen) atoms. The molecule has 4 atom stereocenters. The van der Waals surface area contributed by atoms with E-state index in [1.807, 2.05) is 0 Å². The Kier molecular flexibility index (Phi) is 5.92. The lowest BCUT2D eigenvalue weighted by Crippen LogP contribution is -2.60. The first-order valence-electron chi connectivity index (χ1n) is 9.10. The molecule has 2 N–H and O–H groups in total. The van der Waals surface area contributed by atoms with Crippen molar-refractivity contribution in [2.24, 2.45) is 17.6 Å². The van der Waals surface area contributed by atoms with Crippen LogP contribution in [0.3, 0.4) is 0 Å². The molecule has 2 fully saturated rings. The maximum absolute atomic E-state index is 6.32. The van der Waals surface area contributed by atoms with Crippen molar-refractivity contribution < 1.29 is 0 Å². The van der Waals surface area contributed by atoms with Gasteiger partial charge in [0.2, 0.25) is 0 Å². The van der Waals surface area contributed by atoms with Gasteiger partial charge in [-0.3, -0.25) is 4.90 Å². The normalized spacial score (nSPS) is 40.5. The van der Waals surface area contributed by atoms with Gasteiger partial charge in [-0.25, -0.2) is 0 Å². The van der Waals surface area contributed by atoms with E-state index < -0.39 is 0 Å². The van der Waals surface area contributed by atoms with Gasteiger partial charge in [-0.2, -0.15) is 0 Å². The van der Waals surface area contributed by atoms with E-state index in [0.29, 0.717) is 5.54 Å². The first-order chi connectivity index (χ1) is 9.63. The van der Waals surface area contributed by atoms with E-state index in [1.54, 1.807) is 0 Å². The van der Waals surface area contributed by atoms with Gasteiger partial charge in [0.25, 0.3) is 0 Å². The third kappa shape index (κ3) is 3.39. The van der Waals surface area contributed by atoms with Crippen molar-refractivity contribution in [3.8, 4) is 0 Å². The SMILES string of the molecule is CCCC1CCCC(CN)(N2CCCC(C)C2C)CC1. The van der Waals surface area contributed by atoms with E-state index in [-0.39, 0.29) is 0 Å². The minimum atomic E-state index is 0.316. The highest BCUT2D eigenvalue weighted by molar-refractivity contribution is 4.98. The number of rotatable bonds is 4. The lowest BCUT2D eigenvalue weighted by molar-refractivity contribution is -0.00565. The van der Waals surface area contributed by atoms with Crippen LogP contribution >= 0.6 is 0 Å². The first-order valence-corrected chi connectivity index (χ1v) is 9.10. The molecule has 2 nitrogen and oxygen atoms in total. The molecule has 0 amide bonds. The highest BCUT2D eigenvalue weighted by Gasteiger charge is 2.41. The van der Waals surface area contributed by atoms with Crippen LogP contribution < -0.4 is 5.73 Å². The third-order valence-corrected chi connectivity index (χ3v) is 6.33. The molecule has 2 rings (SSSR count). The largest absolute Gasteiger partial charge is 0.329 e. The Morgan fingerprint density at radius 2 is 1.90 bits per heavy atom. The van der Waals surface area contributed by atoms with Crippen molar-refractivity contribution in [3.05, 3.63) is 0 Å². The standard InChI is InChI=1S/C18H36N2/c1-4-7-17-9-5-11-18(14-19,12-10-17)20-13-6-8-15(2)16(20)3/h15-17H,4-14,19H2,1-3H3. The maximum atomic E-state index is 6.32. The number of hydrogen-bond acceptors (Lipinski definition) is 2. The highest BCUT2D eigenvalue weighted by Crippen LogP contribution is 2.39. The van der Waals surface area contributed by atoms with Gasteiger partial charge in [-0.15, -0.1) is 0 Å². The topological polar surface area (TPSA) is 29.3 Å². The average molecular weight is 281 g/mol. The van der Waals surface area contributed by atoms with Gasteiger partial charge >= 0.3 is 0 Å². The van der Waals surface area contributed by atoms with Crippen molar-refractivity contribution in [3.63, 3.8) is 0 Å². The van der Waals surface area contributed by atoms with Crippen LogP contribution in [0.25, 0.3) is 0 Å². The lowest BCUT2D eigenvalue weighted by Gasteiger charge is -2.51. The Morgan fingerprint density at radius 3 is 2.60 bits per heavy atom. The van der Waals surface area contributed by atoms with Crippen LogP contribution in [0.2, 0.25) is 0 Å². The molecule has 1 saturated carbocycles. The third-order valence-electron chi connectivity index (χ3n) is 6.33. The van der Waals surface area contributed by atoms with Crippen molar-refractivity contribution in [1.29, 1.82) is 0 Å². The molecule has 4 unspecified atom stereocenters. The Hall–Kier alpha value is -0.0800. The highest BCUT2D eigenvalue weighted by atomic mass is 15.2. The minimum Gasteiger partial charge on any atom is -0.329 e. The summed E-state index contributed by atoms with van der Waals surface area (Å²) in [5.41, 5.74) is 6.64. The molecule has 1 heterocycles. The van der Waals surface area contributed by atoms with Crippen LogP contribution in [-0.4, -0.2) is 29.6 Å². The molecule has 0 spiro atoms. The molecule has 0 aromatic carbocycles. The lowest BCUT2D eigenvalue weighted by atomic mass is 9.81. The second-order valence-corrected chi connectivity index (χ2v) is 7.57. The van der Waals surface area contributed by atoms with E-state index in [2.05, 4.69) is 25.7 Å². The predicted octanol–water partition coefficient (Wildman–Crippen LogP) is 4.18. The van der Waals surface area contributed by atoms with E-state index in [0.717, 1.165) is 24.4 Å². The molecule has 0 bridgehead atoms. The van der Waals surface area contributed by atoms with Gasteiger partial charge in [0, 0.05) is 18.1 Å². The molecular formula is C18H36N2. The molecule has 0 aromatic rings. The zero-order valence-corrected chi connectivity index (χ0v) is 14.0. The summed E-state index contributed by atoms with van der Waals surface area (Å²) in [6.07, 6.45) is 12.4. The zero-order valence-electron chi connectivity index (χ0n) is 14.0. The molecule has 1 saturated heterocycles. The van der Waals surface area contributed by atoms with Gasteiger partial charge in [-0.1, -0.05) is 39.5 Å². The number of nitrogens with zero attached hydrogens (tertiary/aromatic N) is 1. The summed E-state index contributed by atoms with van der Waals surface area (Å²) < 4.78 is 0. The minimum absolute atomic E-state index is 0.316. The first kappa shape index (κ1) is 16.3. The number of likely N-dealkylation sites (tertiary alicyclic amines) is 1. The van der Waals surface area contributed by atoms with E-state index in [9.17, 15) is 0 Å². The van der Waals surface area contributed by atoms with E-state index >= 15 is 0 Å². The summed E-state index contributed by atoms with van der Waals surface area (Å²) in [5.74, 6) is 1.80. The van der Waals surface area contributed by atoms with Gasteiger partial charge in [0.05, 0.1) is 0 Å². The number of nitrogens with two attached hydrogens (primary N) is 1. The fraction of sp³-hybridized carbons (Fsp3) is 1.00. The summed E-state index contributed by atoms with van der Waals surface area (Å²) in [4.78, 5) is 2.81. The van der Waals surface area contributed by atoms with Crippen LogP contribution in [0.15, 0.2) is 0 Å². The average Bonchev–Trinajstić information content (AvgIpc) is 2.66. The van der Waals surface area contributed by atoms with Crippen molar-refractivity contribution >= 4 is 0 Å². The quantitative estimate of drug-likeness (QED) is 0.783. The van der Waals surface area contributed by atoms with Gasteiger partial charge in [0.15, 0.2) is 0 Å². The predicted molar refractivity (Wildman–Crippen MR) is 87.8 cm³/mol. The second kappa shape index (κ2) is 7.26. The molecule has 0 radical (unpaired) electrons. The van der Waals surface area contributed by atoms with Crippen molar-refractivity contribution in [1.82, 2.24) is 4.90 Å².